The highest BCUT2D eigenvalue weighted by Gasteiger charge is 2.23. The van der Waals surface area contributed by atoms with Crippen LogP contribution in [0.3, 0.4) is 0 Å². The Balaban J connectivity index is 1.14. The second-order valence-electron chi connectivity index (χ2n) is 9.27. The number of likely N-dealkylation sites (tertiary alicyclic amines) is 1. The van der Waals surface area contributed by atoms with Crippen molar-refractivity contribution >= 4 is 11.0 Å². The third-order valence-electron chi connectivity index (χ3n) is 6.84. The molecule has 5 rings (SSSR count). The van der Waals surface area contributed by atoms with Crippen molar-refractivity contribution in [2.75, 3.05) is 19.7 Å². The minimum atomic E-state index is -0.0416. The van der Waals surface area contributed by atoms with Gasteiger partial charge in [-0.15, -0.1) is 0 Å². The average molecular weight is 422 g/mol. The molecule has 1 aliphatic carbocycles. The molecule has 0 spiro atoms. The summed E-state index contributed by atoms with van der Waals surface area (Å²) in [7, 11) is 0. The third-order valence-corrected chi connectivity index (χ3v) is 6.84. The molecule has 0 atom stereocenters. The van der Waals surface area contributed by atoms with Gasteiger partial charge in [0.2, 0.25) is 5.56 Å². The molecule has 164 valence electrons. The molecule has 6 heteroatoms. The normalized spacial score (nSPS) is 18.0. The van der Waals surface area contributed by atoms with Gasteiger partial charge < -0.3 is 14.2 Å². The lowest BCUT2D eigenvalue weighted by atomic mass is 9.91. The minimum absolute atomic E-state index is 0.0416. The van der Waals surface area contributed by atoms with Gasteiger partial charge in [-0.1, -0.05) is 11.2 Å². The molecule has 1 aromatic carbocycles. The number of nitrogens with zero attached hydrogens (tertiary/aromatic N) is 2. The molecule has 2 aliphatic rings. The second kappa shape index (κ2) is 8.87. The van der Waals surface area contributed by atoms with Crippen molar-refractivity contribution in [2.45, 2.75) is 52.0 Å². The SMILES string of the molecule is Cc1c(OCC2CC2)ccc2c(CCC3CCN(Cc4ccc(=O)[nH]c4)CC3)noc12. The number of aromatic amines is 1. The average Bonchev–Trinajstić information content (AvgIpc) is 3.52. The van der Waals surface area contributed by atoms with Gasteiger partial charge in [0.05, 0.1) is 12.3 Å². The fourth-order valence-corrected chi connectivity index (χ4v) is 4.57. The number of hydrogen-bond donors (Lipinski definition) is 1. The predicted octanol–water partition coefficient (Wildman–Crippen LogP) is 4.46. The number of ether oxygens (including phenoxy) is 1. The molecular weight excluding hydrogens is 390 g/mol. The first-order chi connectivity index (χ1) is 15.2. The predicted molar refractivity (Wildman–Crippen MR) is 120 cm³/mol. The van der Waals surface area contributed by atoms with Gasteiger partial charge >= 0.3 is 0 Å². The Hall–Kier alpha value is -2.60. The van der Waals surface area contributed by atoms with E-state index in [4.69, 9.17) is 9.26 Å². The van der Waals surface area contributed by atoms with Crippen LogP contribution in [0.25, 0.3) is 11.0 Å². The molecule has 0 unspecified atom stereocenters. The number of hydrogen-bond acceptors (Lipinski definition) is 5. The number of nitrogens with one attached hydrogen (secondary N) is 1. The van der Waals surface area contributed by atoms with Gasteiger partial charge in [0.1, 0.15) is 5.75 Å². The van der Waals surface area contributed by atoms with Crippen LogP contribution in [0.5, 0.6) is 5.75 Å². The highest BCUT2D eigenvalue weighted by atomic mass is 16.5. The minimum Gasteiger partial charge on any atom is -0.493 e. The van der Waals surface area contributed by atoms with Gasteiger partial charge in [0, 0.05) is 29.8 Å². The Bertz CT molecular complexity index is 1070. The van der Waals surface area contributed by atoms with E-state index in [0.717, 1.165) is 78.9 Å². The van der Waals surface area contributed by atoms with Crippen LogP contribution in [0, 0.1) is 18.8 Å². The summed E-state index contributed by atoms with van der Waals surface area (Å²) in [6, 6.07) is 7.72. The maximum atomic E-state index is 11.2. The van der Waals surface area contributed by atoms with Gasteiger partial charge in [0.25, 0.3) is 0 Å². The largest absolute Gasteiger partial charge is 0.493 e. The van der Waals surface area contributed by atoms with Crippen LogP contribution < -0.4 is 10.3 Å². The Labute approximate surface area is 182 Å². The summed E-state index contributed by atoms with van der Waals surface area (Å²) in [5, 5.41) is 5.53. The van der Waals surface area contributed by atoms with Gasteiger partial charge in [-0.05, 0) is 88.1 Å². The Morgan fingerprint density at radius 2 is 1.97 bits per heavy atom. The van der Waals surface area contributed by atoms with Crippen molar-refractivity contribution in [1.29, 1.82) is 0 Å². The molecular formula is C25H31N3O3. The third kappa shape index (κ3) is 4.85. The number of piperidine rings is 1. The molecule has 1 saturated heterocycles. The molecule has 6 nitrogen and oxygen atoms in total. The number of rotatable bonds is 8. The number of aryl methyl sites for hydroxylation is 2. The van der Waals surface area contributed by atoms with Crippen LogP contribution in [0.4, 0.5) is 0 Å². The maximum absolute atomic E-state index is 11.2. The summed E-state index contributed by atoms with van der Waals surface area (Å²) < 4.78 is 11.7. The topological polar surface area (TPSA) is 71.4 Å². The molecule has 0 amide bonds. The lowest BCUT2D eigenvalue weighted by Crippen LogP contribution is -2.33. The molecule has 0 bridgehead atoms. The lowest BCUT2D eigenvalue weighted by Gasteiger charge is -2.31. The molecule has 0 radical (unpaired) electrons. The Morgan fingerprint density at radius 1 is 1.13 bits per heavy atom. The quantitative estimate of drug-likeness (QED) is 0.581. The van der Waals surface area contributed by atoms with Crippen LogP contribution in [0.15, 0.2) is 39.8 Å². The fraction of sp³-hybridized carbons (Fsp3) is 0.520. The van der Waals surface area contributed by atoms with Gasteiger partial charge in [0.15, 0.2) is 5.58 Å². The number of aromatic nitrogens is 2. The molecule has 1 aliphatic heterocycles. The van der Waals surface area contributed by atoms with E-state index in [1.807, 2.05) is 12.3 Å². The highest BCUT2D eigenvalue weighted by Crippen LogP contribution is 2.34. The Morgan fingerprint density at radius 3 is 2.71 bits per heavy atom. The van der Waals surface area contributed by atoms with Crippen molar-refractivity contribution in [3.8, 4) is 5.75 Å². The van der Waals surface area contributed by atoms with Crippen LogP contribution in [-0.2, 0) is 13.0 Å². The van der Waals surface area contributed by atoms with Crippen molar-refractivity contribution in [2.24, 2.45) is 11.8 Å². The number of benzene rings is 1. The fourth-order valence-electron chi connectivity index (χ4n) is 4.57. The van der Waals surface area contributed by atoms with Gasteiger partial charge in [-0.2, -0.15) is 0 Å². The summed E-state index contributed by atoms with van der Waals surface area (Å²) in [5.74, 6) is 2.39. The molecule has 2 fully saturated rings. The van der Waals surface area contributed by atoms with E-state index in [1.54, 1.807) is 6.07 Å². The van der Waals surface area contributed by atoms with Crippen molar-refractivity contribution < 1.29 is 9.26 Å². The smallest absolute Gasteiger partial charge is 0.247 e. The molecule has 3 aromatic rings. The summed E-state index contributed by atoms with van der Waals surface area (Å²) in [4.78, 5) is 16.5. The van der Waals surface area contributed by atoms with E-state index in [0.29, 0.717) is 0 Å². The zero-order valence-corrected chi connectivity index (χ0v) is 18.2. The van der Waals surface area contributed by atoms with Crippen LogP contribution in [0.2, 0.25) is 0 Å². The molecule has 31 heavy (non-hydrogen) atoms. The molecule has 3 heterocycles. The first kappa shape index (κ1) is 20.3. The highest BCUT2D eigenvalue weighted by molar-refractivity contribution is 5.84. The number of pyridine rings is 1. The van der Waals surface area contributed by atoms with E-state index in [-0.39, 0.29) is 5.56 Å². The molecule has 2 aromatic heterocycles. The zero-order valence-electron chi connectivity index (χ0n) is 18.2. The Kier molecular flexibility index (Phi) is 5.81. The lowest BCUT2D eigenvalue weighted by molar-refractivity contribution is 0.172. The first-order valence-electron chi connectivity index (χ1n) is 11.6. The number of fused-ring (bicyclic) bond motifs is 1. The second-order valence-corrected chi connectivity index (χ2v) is 9.27. The van der Waals surface area contributed by atoms with Gasteiger partial charge in [-0.25, -0.2) is 0 Å². The van der Waals surface area contributed by atoms with Gasteiger partial charge in [-0.3, -0.25) is 9.69 Å². The summed E-state index contributed by atoms with van der Waals surface area (Å²) in [5.41, 5.74) is 4.14. The number of H-pyrrole nitrogens is 1. The van der Waals surface area contributed by atoms with Crippen LogP contribution in [-0.4, -0.2) is 34.7 Å². The zero-order chi connectivity index (χ0) is 21.2. The van der Waals surface area contributed by atoms with Crippen molar-refractivity contribution in [3.05, 3.63) is 57.6 Å². The van der Waals surface area contributed by atoms with E-state index in [1.165, 1.54) is 31.2 Å². The van der Waals surface area contributed by atoms with E-state index < -0.39 is 0 Å². The summed E-state index contributed by atoms with van der Waals surface area (Å²) >= 11 is 0. The molecule has 1 N–H and O–H groups in total. The summed E-state index contributed by atoms with van der Waals surface area (Å²) in [6.45, 7) is 5.99. The van der Waals surface area contributed by atoms with Crippen molar-refractivity contribution in [3.63, 3.8) is 0 Å². The standard InChI is InChI=1S/C25H31N3O3/c1-17-23(30-16-19-2-3-19)8-6-21-22(27-31-25(17)21)7-4-18-10-12-28(13-11-18)15-20-5-9-24(29)26-14-20/h5-6,8-9,14,18-19H,2-4,7,10-13,15-16H2,1H3,(H,26,29). The summed E-state index contributed by atoms with van der Waals surface area (Å²) in [6.07, 6.45) is 8.93. The van der Waals surface area contributed by atoms with E-state index in [2.05, 4.69) is 34.1 Å². The van der Waals surface area contributed by atoms with Crippen LogP contribution >= 0.6 is 0 Å². The van der Waals surface area contributed by atoms with Crippen LogP contribution in [0.1, 0.15) is 48.9 Å². The molecule has 1 saturated carbocycles. The maximum Gasteiger partial charge on any atom is 0.247 e. The van der Waals surface area contributed by atoms with E-state index in [9.17, 15) is 4.79 Å². The van der Waals surface area contributed by atoms with Crippen molar-refractivity contribution in [1.82, 2.24) is 15.0 Å². The first-order valence-corrected chi connectivity index (χ1v) is 11.6. The monoisotopic (exact) mass is 421 g/mol. The van der Waals surface area contributed by atoms with E-state index >= 15 is 0 Å².